The van der Waals surface area contributed by atoms with Crippen LogP contribution in [0.2, 0.25) is 0 Å². The minimum Gasteiger partial charge on any atom is -0.0933 e. The van der Waals surface area contributed by atoms with Gasteiger partial charge >= 0.3 is 0 Å². The average Bonchev–Trinajstić information content (AvgIpc) is 2.14. The van der Waals surface area contributed by atoms with Gasteiger partial charge in [0.1, 0.15) is 0 Å². The molecule has 0 bridgehead atoms. The molecule has 1 aromatic rings. The van der Waals surface area contributed by atoms with Crippen LogP contribution in [0.3, 0.4) is 0 Å². The van der Waals surface area contributed by atoms with E-state index in [2.05, 4.69) is 66.4 Å². The van der Waals surface area contributed by atoms with Crippen molar-refractivity contribution < 1.29 is 0 Å². The predicted molar refractivity (Wildman–Crippen MR) is 77.7 cm³/mol. The van der Waals surface area contributed by atoms with E-state index in [0.717, 1.165) is 8.58 Å². The van der Waals surface area contributed by atoms with Crippen LogP contribution in [0.5, 0.6) is 0 Å². The molecule has 1 rings (SSSR count). The van der Waals surface area contributed by atoms with Gasteiger partial charge in [0.05, 0.1) is 0 Å². The van der Waals surface area contributed by atoms with Crippen molar-refractivity contribution in [3.05, 3.63) is 29.3 Å². The lowest BCUT2D eigenvalue weighted by Gasteiger charge is -2.27. The summed E-state index contributed by atoms with van der Waals surface area (Å²) in [6, 6.07) is 7.02. The second kappa shape index (κ2) is 4.49. The van der Waals surface area contributed by atoms with Gasteiger partial charge in [0.15, 0.2) is 0 Å². The van der Waals surface area contributed by atoms with E-state index < -0.39 is 0 Å². The molecule has 1 atom stereocenters. The average molecular weight is 236 g/mol. The smallest absolute Gasteiger partial charge is 0.0126 e. The number of hydrogen-bond donors (Lipinski definition) is 0. The van der Waals surface area contributed by atoms with Gasteiger partial charge in [0.25, 0.3) is 0 Å². The summed E-state index contributed by atoms with van der Waals surface area (Å²) in [7, 11) is 0.882. The van der Waals surface area contributed by atoms with Gasteiger partial charge in [-0.25, -0.2) is 0 Å². The highest BCUT2D eigenvalue weighted by molar-refractivity contribution is 7.46. The van der Waals surface area contributed by atoms with Crippen LogP contribution in [0.1, 0.15) is 52.7 Å². The highest BCUT2D eigenvalue weighted by Crippen LogP contribution is 2.29. The van der Waals surface area contributed by atoms with Gasteiger partial charge in [-0.15, -0.1) is 0 Å². The summed E-state index contributed by atoms with van der Waals surface area (Å²) >= 11 is 0. The van der Waals surface area contributed by atoms with E-state index in [1.54, 1.807) is 0 Å². The molecule has 0 fully saturated rings. The fraction of sp³-hybridized carbons (Fsp3) is 0.600. The Morgan fingerprint density at radius 2 is 1.44 bits per heavy atom. The van der Waals surface area contributed by atoms with E-state index in [9.17, 15) is 0 Å². The maximum atomic E-state index is 2.41. The number of hydrogen-bond acceptors (Lipinski definition) is 0. The van der Waals surface area contributed by atoms with Gasteiger partial charge < -0.3 is 0 Å². The standard InChI is InChI=1S/C15H25P/c1-14(2,3)11-8-9-13(16-7)12(10-11)15(4,5)6/h8-10,16H,1-7H3. The second-order valence-electron chi connectivity index (χ2n) is 6.51. The summed E-state index contributed by atoms with van der Waals surface area (Å²) in [6.07, 6.45) is 0. The second-order valence-corrected chi connectivity index (χ2v) is 7.55. The van der Waals surface area contributed by atoms with Crippen LogP contribution in [-0.4, -0.2) is 6.66 Å². The maximum absolute atomic E-state index is 2.41. The topological polar surface area (TPSA) is 0 Å². The molecule has 90 valence electrons. The molecule has 0 amide bonds. The summed E-state index contributed by atoms with van der Waals surface area (Å²) in [5.74, 6) is 0. The Kier molecular flexibility index (Phi) is 3.85. The third-order valence-corrected chi connectivity index (χ3v) is 3.94. The van der Waals surface area contributed by atoms with Crippen molar-refractivity contribution in [2.24, 2.45) is 0 Å². The third kappa shape index (κ3) is 3.08. The normalized spacial score (nSPS) is 13.7. The molecule has 0 saturated carbocycles. The van der Waals surface area contributed by atoms with Crippen molar-refractivity contribution in [3.63, 3.8) is 0 Å². The lowest BCUT2D eigenvalue weighted by atomic mass is 9.81. The molecule has 0 aliphatic rings. The number of rotatable bonds is 1. The molecule has 0 aromatic heterocycles. The molecule has 0 aliphatic carbocycles. The Balaban J connectivity index is 3.34. The molecule has 0 nitrogen and oxygen atoms in total. The van der Waals surface area contributed by atoms with E-state index in [1.807, 2.05) is 0 Å². The van der Waals surface area contributed by atoms with E-state index in [-0.39, 0.29) is 10.8 Å². The van der Waals surface area contributed by atoms with E-state index >= 15 is 0 Å². The SMILES string of the molecule is CPc1ccc(C(C)(C)C)cc1C(C)(C)C. The molecule has 0 heterocycles. The van der Waals surface area contributed by atoms with Crippen molar-refractivity contribution in [3.8, 4) is 0 Å². The van der Waals surface area contributed by atoms with Crippen molar-refractivity contribution in [2.75, 3.05) is 6.66 Å². The maximum Gasteiger partial charge on any atom is -0.0126 e. The Hall–Kier alpha value is -0.350. The predicted octanol–water partition coefficient (Wildman–Crippen LogP) is 4.22. The number of benzene rings is 1. The van der Waals surface area contributed by atoms with E-state index in [4.69, 9.17) is 0 Å². The molecule has 0 spiro atoms. The lowest BCUT2D eigenvalue weighted by Crippen LogP contribution is -2.22. The molecule has 0 aliphatic heterocycles. The Labute approximate surface area is 103 Å². The monoisotopic (exact) mass is 236 g/mol. The fourth-order valence-corrected chi connectivity index (χ4v) is 2.82. The summed E-state index contributed by atoms with van der Waals surface area (Å²) < 4.78 is 0. The largest absolute Gasteiger partial charge is 0.0933 e. The van der Waals surface area contributed by atoms with Crippen LogP contribution < -0.4 is 5.30 Å². The lowest BCUT2D eigenvalue weighted by molar-refractivity contribution is 0.571. The van der Waals surface area contributed by atoms with Crippen molar-refractivity contribution in [1.82, 2.24) is 0 Å². The van der Waals surface area contributed by atoms with Crippen LogP contribution in [0.4, 0.5) is 0 Å². The molecular weight excluding hydrogens is 211 g/mol. The molecule has 1 heteroatoms. The first-order valence-electron chi connectivity index (χ1n) is 5.99. The van der Waals surface area contributed by atoms with Crippen molar-refractivity contribution in [1.29, 1.82) is 0 Å². The molecule has 1 unspecified atom stereocenters. The molecule has 0 N–H and O–H groups in total. The Morgan fingerprint density at radius 3 is 1.81 bits per heavy atom. The van der Waals surface area contributed by atoms with Crippen LogP contribution in [-0.2, 0) is 10.8 Å². The van der Waals surface area contributed by atoms with Gasteiger partial charge in [-0.05, 0) is 33.9 Å². The van der Waals surface area contributed by atoms with E-state index in [1.165, 1.54) is 16.4 Å². The summed E-state index contributed by atoms with van der Waals surface area (Å²) in [6.45, 7) is 16.0. The first kappa shape index (κ1) is 13.7. The van der Waals surface area contributed by atoms with Gasteiger partial charge in [-0.1, -0.05) is 68.3 Å². The Morgan fingerprint density at radius 1 is 0.875 bits per heavy atom. The minimum absolute atomic E-state index is 0.245. The van der Waals surface area contributed by atoms with Crippen LogP contribution in [0.15, 0.2) is 18.2 Å². The summed E-state index contributed by atoms with van der Waals surface area (Å²) in [4.78, 5) is 0. The van der Waals surface area contributed by atoms with Crippen LogP contribution in [0.25, 0.3) is 0 Å². The minimum atomic E-state index is 0.245. The quantitative estimate of drug-likeness (QED) is 0.641. The zero-order chi connectivity index (χ0) is 12.6. The zero-order valence-corrected chi connectivity index (χ0v) is 12.7. The van der Waals surface area contributed by atoms with Crippen LogP contribution >= 0.6 is 8.58 Å². The van der Waals surface area contributed by atoms with Gasteiger partial charge in [-0.3, -0.25) is 0 Å². The van der Waals surface area contributed by atoms with E-state index in [0.29, 0.717) is 0 Å². The van der Waals surface area contributed by atoms with Crippen molar-refractivity contribution >= 4 is 13.9 Å². The van der Waals surface area contributed by atoms with Gasteiger partial charge in [0, 0.05) is 0 Å². The summed E-state index contributed by atoms with van der Waals surface area (Å²) in [5, 5.41) is 1.51. The molecule has 16 heavy (non-hydrogen) atoms. The molecule has 1 aromatic carbocycles. The highest BCUT2D eigenvalue weighted by atomic mass is 31.1. The van der Waals surface area contributed by atoms with Gasteiger partial charge in [-0.2, -0.15) is 0 Å². The van der Waals surface area contributed by atoms with Crippen LogP contribution in [0, 0.1) is 0 Å². The molecule has 0 saturated heterocycles. The summed E-state index contributed by atoms with van der Waals surface area (Å²) in [5.41, 5.74) is 3.45. The van der Waals surface area contributed by atoms with Gasteiger partial charge in [0.2, 0.25) is 0 Å². The third-order valence-electron chi connectivity index (χ3n) is 2.96. The fourth-order valence-electron chi connectivity index (χ4n) is 1.85. The first-order chi connectivity index (χ1) is 7.16. The highest BCUT2D eigenvalue weighted by Gasteiger charge is 2.21. The Bertz CT molecular complexity index is 364. The molecule has 0 radical (unpaired) electrons. The first-order valence-corrected chi connectivity index (χ1v) is 7.49. The molecular formula is C15H25P. The van der Waals surface area contributed by atoms with Crippen molar-refractivity contribution in [2.45, 2.75) is 52.4 Å². The zero-order valence-electron chi connectivity index (χ0n) is 11.7.